The van der Waals surface area contributed by atoms with Crippen LogP contribution in [0.4, 0.5) is 4.79 Å². The van der Waals surface area contributed by atoms with E-state index in [4.69, 9.17) is 4.84 Å². The highest BCUT2D eigenvalue weighted by molar-refractivity contribution is 7.80. The highest BCUT2D eigenvalue weighted by atomic mass is 32.1. The fourth-order valence-electron chi connectivity index (χ4n) is 1.41. The van der Waals surface area contributed by atoms with E-state index in [0.717, 1.165) is 11.5 Å². The number of hydroxylamine groups is 2. The molecule has 1 N–H and O–H groups in total. The van der Waals surface area contributed by atoms with E-state index in [1.807, 2.05) is 30.3 Å². The van der Waals surface area contributed by atoms with Gasteiger partial charge < -0.3 is 5.32 Å². The maximum atomic E-state index is 11.6. The molecule has 5 heteroatoms. The molecule has 2 amide bonds. The van der Waals surface area contributed by atoms with Gasteiger partial charge in [0, 0.05) is 18.8 Å². The van der Waals surface area contributed by atoms with Crippen molar-refractivity contribution in [2.75, 3.05) is 19.9 Å². The van der Waals surface area contributed by atoms with Crippen LogP contribution in [0.2, 0.25) is 0 Å². The van der Waals surface area contributed by atoms with Gasteiger partial charge in [0.05, 0.1) is 7.11 Å². The molecule has 1 unspecified atom stereocenters. The molecule has 94 valence electrons. The third-order valence-electron chi connectivity index (χ3n) is 2.43. The SMILES string of the molecule is CON(C)C(=O)NC(CS)Cc1ccccc1. The monoisotopic (exact) mass is 254 g/mol. The number of benzene rings is 1. The summed E-state index contributed by atoms with van der Waals surface area (Å²) < 4.78 is 0. The van der Waals surface area contributed by atoms with Crippen LogP contribution in [-0.4, -0.2) is 37.0 Å². The number of urea groups is 1. The zero-order valence-electron chi connectivity index (χ0n) is 10.1. The summed E-state index contributed by atoms with van der Waals surface area (Å²) >= 11 is 4.24. The number of nitrogens with one attached hydrogen (secondary N) is 1. The lowest BCUT2D eigenvalue weighted by molar-refractivity contribution is -0.0653. The summed E-state index contributed by atoms with van der Waals surface area (Å²) in [6.45, 7) is 0. The second-order valence-corrected chi connectivity index (χ2v) is 4.06. The summed E-state index contributed by atoms with van der Waals surface area (Å²) in [5.74, 6) is 0.582. The lowest BCUT2D eigenvalue weighted by atomic mass is 10.1. The van der Waals surface area contributed by atoms with Crippen molar-refractivity contribution in [2.45, 2.75) is 12.5 Å². The Morgan fingerprint density at radius 3 is 2.65 bits per heavy atom. The predicted molar refractivity (Wildman–Crippen MR) is 71.1 cm³/mol. The first kappa shape index (κ1) is 13.9. The summed E-state index contributed by atoms with van der Waals surface area (Å²) in [6, 6.07) is 9.72. The summed E-state index contributed by atoms with van der Waals surface area (Å²) in [6.07, 6.45) is 0.758. The number of nitrogens with zero attached hydrogens (tertiary/aromatic N) is 1. The minimum atomic E-state index is -0.262. The van der Waals surface area contributed by atoms with Gasteiger partial charge in [-0.2, -0.15) is 12.6 Å². The third kappa shape index (κ3) is 4.66. The van der Waals surface area contributed by atoms with Crippen LogP contribution in [0.25, 0.3) is 0 Å². The molecule has 0 aromatic heterocycles. The molecular weight excluding hydrogens is 236 g/mol. The zero-order valence-corrected chi connectivity index (χ0v) is 11.0. The molecule has 0 fully saturated rings. The predicted octanol–water partition coefficient (Wildman–Crippen LogP) is 1.73. The lowest BCUT2D eigenvalue weighted by Crippen LogP contribution is -2.44. The van der Waals surface area contributed by atoms with E-state index in [1.54, 1.807) is 7.05 Å². The molecule has 1 aromatic carbocycles. The molecule has 0 saturated carbocycles. The van der Waals surface area contributed by atoms with Crippen molar-refractivity contribution in [1.29, 1.82) is 0 Å². The second kappa shape index (κ2) is 7.19. The van der Waals surface area contributed by atoms with Crippen molar-refractivity contribution in [1.82, 2.24) is 10.4 Å². The van der Waals surface area contributed by atoms with Crippen molar-refractivity contribution < 1.29 is 9.63 Å². The fourth-order valence-corrected chi connectivity index (χ4v) is 1.63. The first-order chi connectivity index (χ1) is 8.17. The summed E-state index contributed by atoms with van der Waals surface area (Å²) in [4.78, 5) is 16.4. The van der Waals surface area contributed by atoms with E-state index >= 15 is 0 Å². The molecule has 0 radical (unpaired) electrons. The van der Waals surface area contributed by atoms with Gasteiger partial charge in [-0.1, -0.05) is 30.3 Å². The Labute approximate surface area is 107 Å². The van der Waals surface area contributed by atoms with Crippen LogP contribution >= 0.6 is 12.6 Å². The van der Waals surface area contributed by atoms with Crippen molar-refractivity contribution in [2.24, 2.45) is 0 Å². The maximum Gasteiger partial charge on any atom is 0.341 e. The average molecular weight is 254 g/mol. The third-order valence-corrected chi connectivity index (χ3v) is 2.87. The van der Waals surface area contributed by atoms with E-state index in [-0.39, 0.29) is 12.1 Å². The van der Waals surface area contributed by atoms with Crippen molar-refractivity contribution in [3.63, 3.8) is 0 Å². The first-order valence-electron chi connectivity index (χ1n) is 5.40. The van der Waals surface area contributed by atoms with E-state index in [9.17, 15) is 4.79 Å². The van der Waals surface area contributed by atoms with Gasteiger partial charge in [-0.25, -0.2) is 9.86 Å². The van der Waals surface area contributed by atoms with Crippen molar-refractivity contribution in [3.05, 3.63) is 35.9 Å². The van der Waals surface area contributed by atoms with Crippen LogP contribution in [-0.2, 0) is 11.3 Å². The Bertz CT molecular complexity index is 346. The topological polar surface area (TPSA) is 41.6 Å². The maximum absolute atomic E-state index is 11.6. The first-order valence-corrected chi connectivity index (χ1v) is 6.03. The Balaban J connectivity index is 2.52. The van der Waals surface area contributed by atoms with Gasteiger partial charge >= 0.3 is 6.03 Å². The van der Waals surface area contributed by atoms with E-state index in [2.05, 4.69) is 17.9 Å². The molecule has 17 heavy (non-hydrogen) atoms. The second-order valence-electron chi connectivity index (χ2n) is 3.70. The Morgan fingerprint density at radius 2 is 2.12 bits per heavy atom. The normalized spacial score (nSPS) is 11.9. The fraction of sp³-hybridized carbons (Fsp3) is 0.417. The molecule has 0 bridgehead atoms. The zero-order chi connectivity index (χ0) is 12.7. The molecule has 1 rings (SSSR count). The van der Waals surface area contributed by atoms with Gasteiger partial charge in [-0.15, -0.1) is 0 Å². The molecule has 0 aliphatic carbocycles. The molecule has 0 heterocycles. The van der Waals surface area contributed by atoms with Crippen LogP contribution < -0.4 is 5.32 Å². The highest BCUT2D eigenvalue weighted by Crippen LogP contribution is 2.04. The van der Waals surface area contributed by atoms with Crippen molar-refractivity contribution >= 4 is 18.7 Å². The molecule has 0 aliphatic rings. The number of hydrogen-bond donors (Lipinski definition) is 2. The van der Waals surface area contributed by atoms with Crippen LogP contribution in [0, 0.1) is 0 Å². The molecule has 1 atom stereocenters. The van der Waals surface area contributed by atoms with Crippen LogP contribution in [0.3, 0.4) is 0 Å². The Kier molecular flexibility index (Phi) is 5.86. The van der Waals surface area contributed by atoms with E-state index in [0.29, 0.717) is 5.75 Å². The largest absolute Gasteiger partial charge is 0.341 e. The minimum absolute atomic E-state index is 0.00849. The number of carbonyl (C=O) groups is 1. The molecular formula is C12H18N2O2S. The number of rotatable bonds is 5. The van der Waals surface area contributed by atoms with Gasteiger partial charge in [-0.3, -0.25) is 4.84 Å². The number of thiol groups is 1. The summed E-state index contributed by atoms with van der Waals surface area (Å²) in [5, 5.41) is 4.01. The summed E-state index contributed by atoms with van der Waals surface area (Å²) in [7, 11) is 3.01. The van der Waals surface area contributed by atoms with E-state index in [1.165, 1.54) is 12.7 Å². The molecule has 0 spiro atoms. The molecule has 0 saturated heterocycles. The quantitative estimate of drug-likeness (QED) is 0.620. The summed E-state index contributed by atoms with van der Waals surface area (Å²) in [5.41, 5.74) is 1.17. The van der Waals surface area contributed by atoms with Crippen LogP contribution in [0.15, 0.2) is 30.3 Å². The van der Waals surface area contributed by atoms with Gasteiger partial charge in [0.15, 0.2) is 0 Å². The minimum Gasteiger partial charge on any atom is -0.332 e. The number of carbonyl (C=O) groups excluding carboxylic acids is 1. The van der Waals surface area contributed by atoms with E-state index < -0.39 is 0 Å². The lowest BCUT2D eigenvalue weighted by Gasteiger charge is -2.20. The number of hydrogen-bond acceptors (Lipinski definition) is 3. The average Bonchev–Trinajstić information content (AvgIpc) is 2.38. The Hall–Kier alpha value is -1.20. The Morgan fingerprint density at radius 1 is 1.47 bits per heavy atom. The van der Waals surface area contributed by atoms with Gasteiger partial charge in [-0.05, 0) is 12.0 Å². The highest BCUT2D eigenvalue weighted by Gasteiger charge is 2.14. The molecule has 1 aromatic rings. The van der Waals surface area contributed by atoms with Crippen LogP contribution in [0.1, 0.15) is 5.56 Å². The van der Waals surface area contributed by atoms with Gasteiger partial charge in [0.2, 0.25) is 0 Å². The number of amides is 2. The smallest absolute Gasteiger partial charge is 0.332 e. The molecule has 4 nitrogen and oxygen atoms in total. The van der Waals surface area contributed by atoms with Gasteiger partial charge in [0.25, 0.3) is 0 Å². The standard InChI is InChI=1S/C12H18N2O2S/c1-14(16-2)12(15)13-11(9-17)8-10-6-4-3-5-7-10/h3-7,11,17H,8-9H2,1-2H3,(H,13,15). The van der Waals surface area contributed by atoms with Crippen molar-refractivity contribution in [3.8, 4) is 0 Å². The molecule has 0 aliphatic heterocycles. The van der Waals surface area contributed by atoms with Gasteiger partial charge in [0.1, 0.15) is 0 Å². The van der Waals surface area contributed by atoms with Crippen LogP contribution in [0.5, 0.6) is 0 Å².